The van der Waals surface area contributed by atoms with Crippen molar-refractivity contribution in [3.8, 4) is 0 Å². The van der Waals surface area contributed by atoms with Crippen molar-refractivity contribution in [2.45, 2.75) is 13.8 Å². The third kappa shape index (κ3) is 2.64. The molecular weight excluding hydrogens is 296 g/mol. The highest BCUT2D eigenvalue weighted by atomic mass is 32.2. The lowest BCUT2D eigenvalue weighted by atomic mass is 10.2. The molecule has 0 aliphatic carbocycles. The minimum absolute atomic E-state index is 0.286. The van der Waals surface area contributed by atoms with Gasteiger partial charge in [-0.05, 0) is 31.6 Å². The zero-order valence-electron chi connectivity index (χ0n) is 11.3. The molecule has 0 atom stereocenters. The molecule has 2 heterocycles. The van der Waals surface area contributed by atoms with Crippen molar-refractivity contribution in [2.75, 3.05) is 6.54 Å². The SMILES string of the molecule is Cc1cc(/C=C2/SC(=S)N(CC(=O)O)C2=O)c(C)n1C. The number of aliphatic carboxylic acids is 1. The first-order chi connectivity index (χ1) is 9.31. The summed E-state index contributed by atoms with van der Waals surface area (Å²) in [5, 5.41) is 8.78. The molecule has 0 bridgehead atoms. The summed E-state index contributed by atoms with van der Waals surface area (Å²) in [6.07, 6.45) is 1.77. The van der Waals surface area contributed by atoms with Crippen LogP contribution in [0.2, 0.25) is 0 Å². The van der Waals surface area contributed by atoms with Crippen molar-refractivity contribution in [1.29, 1.82) is 0 Å². The zero-order valence-corrected chi connectivity index (χ0v) is 13.0. The second kappa shape index (κ2) is 5.41. The topological polar surface area (TPSA) is 62.5 Å². The molecule has 20 heavy (non-hydrogen) atoms. The van der Waals surface area contributed by atoms with E-state index in [9.17, 15) is 9.59 Å². The average molecular weight is 310 g/mol. The first kappa shape index (κ1) is 14.8. The zero-order chi connectivity index (χ0) is 15.0. The lowest BCUT2D eigenvalue weighted by molar-refractivity contribution is -0.140. The first-order valence-corrected chi connectivity index (χ1v) is 7.14. The number of carbonyl (C=O) groups excluding carboxylic acids is 1. The molecule has 0 spiro atoms. The fraction of sp³-hybridized carbons (Fsp3) is 0.308. The molecule has 1 aromatic rings. The number of aromatic nitrogens is 1. The Morgan fingerprint density at radius 1 is 1.50 bits per heavy atom. The number of carboxylic acid groups (broad SMARTS) is 1. The van der Waals surface area contributed by atoms with Gasteiger partial charge in [-0.2, -0.15) is 0 Å². The predicted molar refractivity (Wildman–Crippen MR) is 82.4 cm³/mol. The van der Waals surface area contributed by atoms with Gasteiger partial charge in [0, 0.05) is 18.4 Å². The molecule has 7 heteroatoms. The lowest BCUT2D eigenvalue weighted by Gasteiger charge is -2.10. The molecule has 1 aliphatic rings. The largest absolute Gasteiger partial charge is 0.480 e. The molecule has 106 valence electrons. The number of nitrogens with zero attached hydrogens (tertiary/aromatic N) is 2. The van der Waals surface area contributed by atoms with Crippen LogP contribution < -0.4 is 0 Å². The number of hydrogen-bond acceptors (Lipinski definition) is 4. The molecule has 1 N–H and O–H groups in total. The van der Waals surface area contributed by atoms with E-state index in [1.807, 2.05) is 31.5 Å². The molecule has 1 fully saturated rings. The Morgan fingerprint density at radius 3 is 2.65 bits per heavy atom. The van der Waals surface area contributed by atoms with Crippen LogP contribution in [0, 0.1) is 13.8 Å². The van der Waals surface area contributed by atoms with Crippen molar-refractivity contribution in [1.82, 2.24) is 9.47 Å². The van der Waals surface area contributed by atoms with E-state index in [-0.39, 0.29) is 10.2 Å². The minimum atomic E-state index is -1.07. The fourth-order valence-corrected chi connectivity index (χ4v) is 3.19. The normalized spacial score (nSPS) is 17.4. The molecule has 1 saturated heterocycles. The molecule has 1 aliphatic heterocycles. The van der Waals surface area contributed by atoms with Crippen LogP contribution in [0.4, 0.5) is 0 Å². The minimum Gasteiger partial charge on any atom is -0.480 e. The van der Waals surface area contributed by atoms with E-state index < -0.39 is 12.5 Å². The van der Waals surface area contributed by atoms with E-state index in [0.29, 0.717) is 4.91 Å². The maximum Gasteiger partial charge on any atom is 0.323 e. The number of hydrogen-bond donors (Lipinski definition) is 1. The van der Waals surface area contributed by atoms with E-state index in [1.54, 1.807) is 6.08 Å². The number of amides is 1. The maximum absolute atomic E-state index is 12.1. The summed E-state index contributed by atoms with van der Waals surface area (Å²) in [6, 6.07) is 1.99. The van der Waals surface area contributed by atoms with Crippen LogP contribution in [0.3, 0.4) is 0 Å². The Kier molecular flexibility index (Phi) is 4.01. The third-order valence-corrected chi connectivity index (χ3v) is 4.65. The van der Waals surface area contributed by atoms with Crippen molar-refractivity contribution in [2.24, 2.45) is 7.05 Å². The number of thiocarbonyl (C=S) groups is 1. The van der Waals surface area contributed by atoms with Gasteiger partial charge in [-0.1, -0.05) is 24.0 Å². The Labute approximate surface area is 126 Å². The van der Waals surface area contributed by atoms with E-state index in [1.165, 1.54) is 0 Å². The predicted octanol–water partition coefficient (Wildman–Crippen LogP) is 1.93. The Hall–Kier alpha value is -1.60. The number of thioether (sulfide) groups is 1. The Balaban J connectivity index is 2.32. The molecule has 1 amide bonds. The van der Waals surface area contributed by atoms with Gasteiger partial charge in [0.15, 0.2) is 0 Å². The number of carbonyl (C=O) groups is 2. The van der Waals surface area contributed by atoms with Crippen LogP contribution >= 0.6 is 24.0 Å². The maximum atomic E-state index is 12.1. The summed E-state index contributed by atoms with van der Waals surface area (Å²) >= 11 is 6.19. The molecule has 5 nitrogen and oxygen atoms in total. The second-order valence-electron chi connectivity index (χ2n) is 4.55. The number of carboxylic acids is 1. The van der Waals surface area contributed by atoms with Gasteiger partial charge >= 0.3 is 5.97 Å². The van der Waals surface area contributed by atoms with Crippen molar-refractivity contribution in [3.05, 3.63) is 27.9 Å². The molecular formula is C13H14N2O3S2. The van der Waals surface area contributed by atoms with Crippen LogP contribution in [0.5, 0.6) is 0 Å². The fourth-order valence-electron chi connectivity index (χ4n) is 1.94. The summed E-state index contributed by atoms with van der Waals surface area (Å²) in [6.45, 7) is 3.56. The van der Waals surface area contributed by atoms with Crippen molar-refractivity contribution >= 4 is 46.3 Å². The van der Waals surface area contributed by atoms with Gasteiger partial charge in [0.1, 0.15) is 10.9 Å². The quantitative estimate of drug-likeness (QED) is 0.683. The lowest BCUT2D eigenvalue weighted by Crippen LogP contribution is -2.33. The van der Waals surface area contributed by atoms with Crippen LogP contribution in [0.15, 0.2) is 11.0 Å². The number of rotatable bonds is 3. The molecule has 0 aromatic carbocycles. The van der Waals surface area contributed by atoms with Crippen molar-refractivity contribution in [3.63, 3.8) is 0 Å². The van der Waals surface area contributed by atoms with Gasteiger partial charge in [-0.25, -0.2) is 0 Å². The number of aryl methyl sites for hydroxylation is 1. The third-order valence-electron chi connectivity index (χ3n) is 3.27. The first-order valence-electron chi connectivity index (χ1n) is 5.91. The Morgan fingerprint density at radius 2 is 2.15 bits per heavy atom. The molecule has 0 unspecified atom stereocenters. The monoisotopic (exact) mass is 310 g/mol. The van der Waals surface area contributed by atoms with Crippen LogP contribution in [-0.2, 0) is 16.6 Å². The highest BCUT2D eigenvalue weighted by Gasteiger charge is 2.33. The van der Waals surface area contributed by atoms with E-state index in [2.05, 4.69) is 0 Å². The van der Waals surface area contributed by atoms with Crippen LogP contribution in [-0.4, -0.2) is 37.3 Å². The van der Waals surface area contributed by atoms with Crippen LogP contribution in [0.1, 0.15) is 17.0 Å². The van der Waals surface area contributed by atoms with Gasteiger partial charge in [-0.15, -0.1) is 0 Å². The summed E-state index contributed by atoms with van der Waals surface area (Å²) < 4.78 is 2.32. The van der Waals surface area contributed by atoms with Gasteiger partial charge in [0.05, 0.1) is 4.91 Å². The highest BCUT2D eigenvalue weighted by molar-refractivity contribution is 8.26. The summed E-state index contributed by atoms with van der Waals surface area (Å²) in [5.74, 6) is -1.42. The van der Waals surface area contributed by atoms with Crippen molar-refractivity contribution < 1.29 is 14.7 Å². The van der Waals surface area contributed by atoms with Gasteiger partial charge in [-0.3, -0.25) is 14.5 Å². The summed E-state index contributed by atoms with van der Waals surface area (Å²) in [5.41, 5.74) is 3.08. The van der Waals surface area contributed by atoms with Gasteiger partial charge in [0.25, 0.3) is 5.91 Å². The second-order valence-corrected chi connectivity index (χ2v) is 6.22. The van der Waals surface area contributed by atoms with Gasteiger partial charge in [0.2, 0.25) is 0 Å². The standard InChI is InChI=1S/C13H14N2O3S2/c1-7-4-9(8(2)14(7)3)5-10-12(18)15(6-11(16)17)13(19)20-10/h4-5H,6H2,1-3H3,(H,16,17)/b10-5+. The van der Waals surface area contributed by atoms with E-state index >= 15 is 0 Å². The molecule has 0 saturated carbocycles. The van der Waals surface area contributed by atoms with Crippen LogP contribution in [0.25, 0.3) is 6.08 Å². The molecule has 0 radical (unpaired) electrons. The summed E-state index contributed by atoms with van der Waals surface area (Å²) in [4.78, 5) is 24.4. The van der Waals surface area contributed by atoms with E-state index in [4.69, 9.17) is 17.3 Å². The highest BCUT2D eigenvalue weighted by Crippen LogP contribution is 2.33. The van der Waals surface area contributed by atoms with E-state index in [0.717, 1.165) is 33.6 Å². The van der Waals surface area contributed by atoms with Gasteiger partial charge < -0.3 is 9.67 Å². The smallest absolute Gasteiger partial charge is 0.323 e. The Bertz CT molecular complexity index is 646. The average Bonchev–Trinajstić information content (AvgIpc) is 2.75. The molecule has 1 aromatic heterocycles. The molecule has 2 rings (SSSR count). The summed E-state index contributed by atoms with van der Waals surface area (Å²) in [7, 11) is 1.96.